The van der Waals surface area contributed by atoms with Crippen LogP contribution in [-0.4, -0.2) is 410 Å². The molecule has 15 fully saturated rings. The molecule has 0 spiro atoms. The Morgan fingerprint density at radius 2 is 0.340 bits per heavy atom. The predicted octanol–water partition coefficient (Wildman–Crippen LogP) is -0.938. The highest BCUT2D eigenvalue weighted by Gasteiger charge is 2.62. The zero-order chi connectivity index (χ0) is 72.3. The summed E-state index contributed by atoms with van der Waals surface area (Å²) in [5.41, 5.74) is 0. The first-order valence-electron chi connectivity index (χ1n) is 33.4. The molecule has 0 N–H and O–H groups in total. The molecule has 15 heterocycles. The molecular weight excluding hydrogens is 1340 g/mol. The number of ether oxygens (including phenoxy) is 35. The van der Waals surface area contributed by atoms with Crippen molar-refractivity contribution in [2.45, 2.75) is 215 Å². The Morgan fingerprint density at radius 3 is 0.470 bits per heavy atom. The molecule has 35 heteroatoms. The average molecular weight is 1460 g/mol. The summed E-state index contributed by atoms with van der Waals surface area (Å²) in [6, 6.07) is 0. The lowest BCUT2D eigenvalue weighted by molar-refractivity contribution is -0.403. The maximum Gasteiger partial charge on any atom is 0.187 e. The van der Waals surface area contributed by atoms with Gasteiger partial charge in [-0.3, -0.25) is 0 Å². The summed E-state index contributed by atoms with van der Waals surface area (Å²) in [5.74, 6) is 0. The van der Waals surface area contributed by atoms with Gasteiger partial charge in [-0.1, -0.05) is 6.08 Å². The second kappa shape index (κ2) is 41.6. The van der Waals surface area contributed by atoms with E-state index in [-0.39, 0.29) is 52.9 Å². The third kappa shape index (κ3) is 18.5. The van der Waals surface area contributed by atoms with Gasteiger partial charge in [-0.2, -0.15) is 0 Å². The van der Waals surface area contributed by atoms with E-state index in [0.29, 0.717) is 0 Å². The molecule has 0 saturated carbocycles. The zero-order valence-electron chi connectivity index (χ0n) is 61.4. The predicted molar refractivity (Wildman–Crippen MR) is 338 cm³/mol. The molecule has 100 heavy (non-hydrogen) atoms. The second-order valence-corrected chi connectivity index (χ2v) is 24.9. The number of hydrogen-bond acceptors (Lipinski definition) is 35. The molecular formula is C65H114O35. The fourth-order valence-corrected chi connectivity index (χ4v) is 15.0. The van der Waals surface area contributed by atoms with Crippen molar-refractivity contribution >= 4 is 0 Å². The lowest BCUT2D eigenvalue weighted by atomic mass is 9.94. The average Bonchev–Trinajstić information content (AvgIpc) is 0.772. The van der Waals surface area contributed by atoms with Crippen LogP contribution in [0.25, 0.3) is 0 Å². The quantitative estimate of drug-likeness (QED) is 0.0784. The fraction of sp³-hybridized carbons (Fsp3) is 0.969. The smallest absolute Gasteiger partial charge is 0.187 e. The molecule has 15 rings (SSSR count). The monoisotopic (exact) mass is 1450 g/mol. The van der Waals surface area contributed by atoms with Crippen molar-refractivity contribution in [3.63, 3.8) is 0 Å². The molecule has 0 aromatic heterocycles. The Kier molecular flexibility index (Phi) is 34.9. The Balaban J connectivity index is 1.25. The van der Waals surface area contributed by atoms with Crippen molar-refractivity contribution in [3.05, 3.63) is 12.7 Å². The second-order valence-electron chi connectivity index (χ2n) is 24.9. The fourth-order valence-electron chi connectivity index (χ4n) is 15.0. The van der Waals surface area contributed by atoms with Crippen molar-refractivity contribution in [1.82, 2.24) is 0 Å². The Bertz CT molecular complexity index is 2270. The SMILES string of the molecule is C=CCO[C@H]1[C@H]2O[C@H]3[C@H](OC)[C@@H](OC)[C@@H](O[C@H]4[C@H](OC)[C@@H](OC)[C@@H](O[C@H]5[C@H](OC)[C@@H](OC)[C@@H](O[C@H]6[C@H](OC)[C@@H](OC)[C@@H](O[C@H]7[C@H](OC)[C@@H](OC)[C@@H](O[C@H]8[C@H](OC)[C@@H](OC)[C@@H](O[C@@H]([C@@H]1OC)[C@@H](COC)O2)O[C@@H]8COC)O[C@@H]7COC)O[C@@H]6COC)O[C@@H]5COC)O[C@@H]4COC)O[C@@H]3COC. The van der Waals surface area contributed by atoms with Gasteiger partial charge in [-0.25, -0.2) is 0 Å². The number of methoxy groups -OCH3 is 20. The molecule has 584 valence electrons. The maximum atomic E-state index is 7.10. The molecule has 15 aliphatic rings. The van der Waals surface area contributed by atoms with Crippen molar-refractivity contribution in [2.24, 2.45) is 0 Å². The minimum Gasteiger partial charge on any atom is -0.382 e. The molecule has 0 aromatic rings. The minimum absolute atomic E-state index is 0.0163. The van der Waals surface area contributed by atoms with E-state index in [4.69, 9.17) is 166 Å². The van der Waals surface area contributed by atoms with Gasteiger partial charge in [0.15, 0.2) is 44.0 Å². The molecule has 35 nitrogen and oxygen atoms in total. The van der Waals surface area contributed by atoms with Gasteiger partial charge in [0.1, 0.15) is 171 Å². The van der Waals surface area contributed by atoms with Crippen LogP contribution in [0.4, 0.5) is 0 Å². The number of hydrogen-bond donors (Lipinski definition) is 0. The molecule has 35 atom stereocenters. The van der Waals surface area contributed by atoms with Gasteiger partial charge in [-0.05, 0) is 0 Å². The number of fused-ring (bicyclic) bond motifs is 7. The van der Waals surface area contributed by atoms with Crippen LogP contribution in [0.5, 0.6) is 0 Å². The van der Waals surface area contributed by atoms with Gasteiger partial charge < -0.3 is 166 Å². The van der Waals surface area contributed by atoms with Crippen molar-refractivity contribution < 1.29 is 166 Å². The molecule has 0 unspecified atom stereocenters. The summed E-state index contributed by atoms with van der Waals surface area (Å²) in [5, 5.41) is 0. The lowest BCUT2D eigenvalue weighted by Crippen LogP contribution is -2.69. The largest absolute Gasteiger partial charge is 0.382 e. The van der Waals surface area contributed by atoms with Gasteiger partial charge in [0.2, 0.25) is 0 Å². The maximum absolute atomic E-state index is 7.10. The van der Waals surface area contributed by atoms with Crippen LogP contribution in [-0.2, 0) is 166 Å². The van der Waals surface area contributed by atoms with Crippen LogP contribution in [0.2, 0.25) is 0 Å². The summed E-state index contributed by atoms with van der Waals surface area (Å²) in [7, 11) is 30.2. The van der Waals surface area contributed by atoms with Crippen molar-refractivity contribution in [1.29, 1.82) is 0 Å². The van der Waals surface area contributed by atoms with Gasteiger partial charge in [0.05, 0.1) is 52.9 Å². The summed E-state index contributed by atoms with van der Waals surface area (Å²) >= 11 is 0. The molecule has 0 amide bonds. The van der Waals surface area contributed by atoms with Gasteiger partial charge in [0, 0.05) is 142 Å². The van der Waals surface area contributed by atoms with Gasteiger partial charge in [-0.15, -0.1) is 6.58 Å². The topological polar surface area (TPSA) is 323 Å². The third-order valence-corrected chi connectivity index (χ3v) is 19.4. The Morgan fingerprint density at radius 1 is 0.200 bits per heavy atom. The molecule has 15 saturated heterocycles. The Hall–Kier alpha value is -1.66. The highest BCUT2D eigenvalue weighted by atomic mass is 16.8. The van der Waals surface area contributed by atoms with E-state index < -0.39 is 215 Å². The van der Waals surface area contributed by atoms with E-state index in [1.165, 1.54) is 142 Å². The van der Waals surface area contributed by atoms with Crippen LogP contribution >= 0.6 is 0 Å². The highest BCUT2D eigenvalue weighted by molar-refractivity contribution is 5.04. The van der Waals surface area contributed by atoms with Gasteiger partial charge in [0.25, 0.3) is 0 Å². The highest BCUT2D eigenvalue weighted by Crippen LogP contribution is 2.43. The van der Waals surface area contributed by atoms with Crippen LogP contribution in [0.3, 0.4) is 0 Å². The van der Waals surface area contributed by atoms with Crippen LogP contribution in [0.15, 0.2) is 12.7 Å². The lowest BCUT2D eigenvalue weighted by Gasteiger charge is -2.52. The summed E-state index contributed by atoms with van der Waals surface area (Å²) in [4.78, 5) is 0. The molecule has 14 bridgehead atoms. The number of rotatable bonds is 30. The zero-order valence-corrected chi connectivity index (χ0v) is 61.4. The minimum atomic E-state index is -1.26. The molecule has 15 aliphatic heterocycles. The first-order chi connectivity index (χ1) is 48.7. The van der Waals surface area contributed by atoms with Crippen LogP contribution < -0.4 is 0 Å². The van der Waals surface area contributed by atoms with E-state index in [1.807, 2.05) is 0 Å². The van der Waals surface area contributed by atoms with E-state index in [9.17, 15) is 0 Å². The van der Waals surface area contributed by atoms with E-state index in [1.54, 1.807) is 6.08 Å². The first-order valence-corrected chi connectivity index (χ1v) is 33.4. The molecule has 0 aromatic carbocycles. The van der Waals surface area contributed by atoms with E-state index in [2.05, 4.69) is 6.58 Å². The normalized spacial score (nSPS) is 45.3. The van der Waals surface area contributed by atoms with E-state index >= 15 is 0 Å². The molecule has 0 radical (unpaired) electrons. The summed E-state index contributed by atoms with van der Waals surface area (Å²) in [6.45, 7) is 3.64. The summed E-state index contributed by atoms with van der Waals surface area (Å²) < 4.78 is 227. The van der Waals surface area contributed by atoms with Crippen molar-refractivity contribution in [2.75, 3.05) is 195 Å². The van der Waals surface area contributed by atoms with Crippen LogP contribution in [0.1, 0.15) is 0 Å². The summed E-state index contributed by atoms with van der Waals surface area (Å²) in [6.07, 6.45) is -34.8. The Labute approximate surface area is 586 Å². The first kappa shape index (κ1) is 84.0. The van der Waals surface area contributed by atoms with E-state index in [0.717, 1.165) is 0 Å². The van der Waals surface area contributed by atoms with Gasteiger partial charge >= 0.3 is 0 Å². The standard InChI is InChI=1S/C65H114O35/c1-22-23-86-58-51(79-15)44-37(30-72-8)93-65(58)100-43-36(29-71-7)92-63(57(85-21)50(43)78-14)98-41-34(27-69-5)90-61(55(83-19)48(41)76-12)96-39-32(25-67-3)88-59(53(81-17)46(39)74-10)94-38-31(24-66-2)87-60(52(80-16)45(38)73-9)95-40-33(26-68-4)89-62(54(82-18)47(40)75-11)97-42-35(28-70-6)91-64(99-44)56(84-20)49(42)77-13/h22,31-65H,1,23-30H2,2-21H3/t31-,32-,33-,34-,35-,36-,37-,38-,39-,40-,41-,42-,43-,44-,45+,46+,47+,48+,49+,50+,51+,52-,53-,54-,55-,56-,57-,58-,59-,60-,61-,62-,63-,64-,65-/m1/s1. The van der Waals surface area contributed by atoms with Crippen LogP contribution in [0, 0.1) is 0 Å². The molecule has 0 aliphatic carbocycles. The van der Waals surface area contributed by atoms with Crippen molar-refractivity contribution in [3.8, 4) is 0 Å². The third-order valence-electron chi connectivity index (χ3n) is 19.4.